The fourth-order valence-electron chi connectivity index (χ4n) is 1.35. The summed E-state index contributed by atoms with van der Waals surface area (Å²) in [6.07, 6.45) is 1.51. The molecule has 1 heterocycles. The van der Waals surface area contributed by atoms with Crippen molar-refractivity contribution in [3.63, 3.8) is 0 Å². The molecule has 0 aliphatic rings. The number of hydrogen-bond donors (Lipinski definition) is 1. The highest BCUT2D eigenvalue weighted by Crippen LogP contribution is 2.28. The average molecular weight is 261 g/mol. The minimum absolute atomic E-state index is 0.298. The van der Waals surface area contributed by atoms with E-state index in [-0.39, 0.29) is 0 Å². The lowest BCUT2D eigenvalue weighted by Crippen LogP contribution is -1.98. The van der Waals surface area contributed by atoms with E-state index in [2.05, 4.69) is 15.3 Å². The number of anilines is 2. The molecule has 1 N–H and O–H groups in total. The number of ether oxygens (including phenoxy) is 1. The van der Waals surface area contributed by atoms with Gasteiger partial charge in [-0.1, -0.05) is 11.6 Å². The van der Waals surface area contributed by atoms with Crippen molar-refractivity contribution >= 4 is 23.2 Å². The van der Waals surface area contributed by atoms with E-state index >= 15 is 0 Å². The van der Waals surface area contributed by atoms with Crippen LogP contribution in [0.25, 0.3) is 0 Å². The number of methoxy groups -OCH3 is 1. The smallest absolute Gasteiger partial charge is 0.228 e. The Hall–Kier alpha value is -2.32. The molecule has 2 aromatic rings. The average Bonchev–Trinajstić information content (AvgIpc) is 2.39. The van der Waals surface area contributed by atoms with Gasteiger partial charge in [-0.25, -0.2) is 9.97 Å². The number of nitriles is 1. The highest BCUT2D eigenvalue weighted by atomic mass is 35.5. The quantitative estimate of drug-likeness (QED) is 0.919. The Balaban J connectivity index is 2.23. The summed E-state index contributed by atoms with van der Waals surface area (Å²) in [5, 5.41) is 12.2. The van der Waals surface area contributed by atoms with E-state index < -0.39 is 0 Å². The molecule has 0 aliphatic carbocycles. The molecule has 0 saturated heterocycles. The Kier molecular flexibility index (Phi) is 3.60. The summed E-state index contributed by atoms with van der Waals surface area (Å²) < 4.78 is 5.05. The molecule has 1 aromatic heterocycles. The predicted octanol–water partition coefficient (Wildman–Crippen LogP) is 2.75. The SMILES string of the molecule is COc1ccc(Nc2nccc(C#N)n2)cc1Cl. The third-order valence-corrected chi connectivity index (χ3v) is 2.47. The maximum Gasteiger partial charge on any atom is 0.228 e. The van der Waals surface area contributed by atoms with Crippen LogP contribution in [0.3, 0.4) is 0 Å². The van der Waals surface area contributed by atoms with Crippen LogP contribution in [0.15, 0.2) is 30.5 Å². The number of hydrogen-bond acceptors (Lipinski definition) is 5. The fourth-order valence-corrected chi connectivity index (χ4v) is 1.61. The van der Waals surface area contributed by atoms with Crippen LogP contribution in [-0.4, -0.2) is 17.1 Å². The molecular weight excluding hydrogens is 252 g/mol. The number of nitrogens with one attached hydrogen (secondary N) is 1. The Labute approximate surface area is 109 Å². The molecule has 6 heteroatoms. The first kappa shape index (κ1) is 12.1. The number of benzene rings is 1. The van der Waals surface area contributed by atoms with Crippen molar-refractivity contribution in [2.24, 2.45) is 0 Å². The molecule has 0 radical (unpaired) electrons. The van der Waals surface area contributed by atoms with Crippen LogP contribution in [0, 0.1) is 11.3 Å². The molecule has 0 unspecified atom stereocenters. The van der Waals surface area contributed by atoms with E-state index in [1.807, 2.05) is 6.07 Å². The molecule has 0 amide bonds. The van der Waals surface area contributed by atoms with E-state index in [9.17, 15) is 0 Å². The van der Waals surface area contributed by atoms with Crippen molar-refractivity contribution in [3.05, 3.63) is 41.2 Å². The van der Waals surface area contributed by atoms with Crippen LogP contribution in [0.5, 0.6) is 5.75 Å². The topological polar surface area (TPSA) is 70.8 Å². The number of rotatable bonds is 3. The third kappa shape index (κ3) is 2.67. The van der Waals surface area contributed by atoms with Crippen molar-refractivity contribution in [2.45, 2.75) is 0 Å². The first-order valence-electron chi connectivity index (χ1n) is 5.06. The van der Waals surface area contributed by atoms with E-state index in [1.165, 1.54) is 12.3 Å². The number of nitrogens with zero attached hydrogens (tertiary/aromatic N) is 3. The van der Waals surface area contributed by atoms with Gasteiger partial charge >= 0.3 is 0 Å². The molecule has 90 valence electrons. The number of aromatic nitrogens is 2. The highest BCUT2D eigenvalue weighted by molar-refractivity contribution is 6.32. The zero-order chi connectivity index (χ0) is 13.0. The third-order valence-electron chi connectivity index (χ3n) is 2.18. The van der Waals surface area contributed by atoms with Gasteiger partial charge < -0.3 is 10.1 Å². The van der Waals surface area contributed by atoms with Gasteiger partial charge in [0, 0.05) is 11.9 Å². The van der Waals surface area contributed by atoms with E-state index in [0.29, 0.717) is 22.4 Å². The second-order valence-electron chi connectivity index (χ2n) is 3.35. The summed E-state index contributed by atoms with van der Waals surface area (Å²) in [6, 6.07) is 8.70. The van der Waals surface area contributed by atoms with Gasteiger partial charge in [0.25, 0.3) is 0 Å². The molecule has 5 nitrogen and oxygen atoms in total. The lowest BCUT2D eigenvalue weighted by molar-refractivity contribution is 0.415. The zero-order valence-electron chi connectivity index (χ0n) is 9.51. The predicted molar refractivity (Wildman–Crippen MR) is 68.0 cm³/mol. The van der Waals surface area contributed by atoms with E-state index in [0.717, 1.165) is 5.69 Å². The van der Waals surface area contributed by atoms with Crippen LogP contribution in [0.2, 0.25) is 5.02 Å². The van der Waals surface area contributed by atoms with E-state index in [4.69, 9.17) is 21.6 Å². The standard InChI is InChI=1S/C12H9ClN4O/c1-18-11-3-2-8(6-10(11)13)16-12-15-5-4-9(7-14)17-12/h2-6H,1H3,(H,15,16,17). The minimum Gasteiger partial charge on any atom is -0.495 e. The monoisotopic (exact) mass is 260 g/mol. The molecule has 0 aliphatic heterocycles. The molecule has 1 aromatic carbocycles. The Morgan fingerprint density at radius 2 is 2.22 bits per heavy atom. The number of halogens is 1. The van der Waals surface area contributed by atoms with Crippen LogP contribution in [-0.2, 0) is 0 Å². The Morgan fingerprint density at radius 3 is 2.89 bits per heavy atom. The van der Waals surface area contributed by atoms with Gasteiger partial charge in [-0.05, 0) is 24.3 Å². The van der Waals surface area contributed by atoms with Crippen LogP contribution >= 0.6 is 11.6 Å². The van der Waals surface area contributed by atoms with Crippen molar-refractivity contribution in [1.82, 2.24) is 9.97 Å². The molecule has 0 atom stereocenters. The van der Waals surface area contributed by atoms with Crippen molar-refractivity contribution in [1.29, 1.82) is 5.26 Å². The van der Waals surface area contributed by atoms with Gasteiger partial charge in [0.1, 0.15) is 17.5 Å². The first-order chi connectivity index (χ1) is 8.72. The molecule has 0 spiro atoms. The molecule has 0 saturated carbocycles. The molecule has 18 heavy (non-hydrogen) atoms. The van der Waals surface area contributed by atoms with Crippen LogP contribution in [0.1, 0.15) is 5.69 Å². The normalized spacial score (nSPS) is 9.61. The molecule has 0 bridgehead atoms. The molecular formula is C12H9ClN4O. The largest absolute Gasteiger partial charge is 0.495 e. The minimum atomic E-state index is 0.298. The molecule has 0 fully saturated rings. The van der Waals surface area contributed by atoms with Gasteiger partial charge in [-0.3, -0.25) is 0 Å². The van der Waals surface area contributed by atoms with Crippen molar-refractivity contribution in [3.8, 4) is 11.8 Å². The maximum absolute atomic E-state index is 8.73. The second kappa shape index (κ2) is 5.34. The van der Waals surface area contributed by atoms with Gasteiger partial charge in [-0.2, -0.15) is 5.26 Å². The zero-order valence-corrected chi connectivity index (χ0v) is 10.3. The maximum atomic E-state index is 8.73. The van der Waals surface area contributed by atoms with Crippen molar-refractivity contribution < 1.29 is 4.74 Å². The summed E-state index contributed by atoms with van der Waals surface area (Å²) in [7, 11) is 1.55. The van der Waals surface area contributed by atoms with Crippen LogP contribution < -0.4 is 10.1 Å². The lowest BCUT2D eigenvalue weighted by Gasteiger charge is -2.07. The van der Waals surface area contributed by atoms with Gasteiger partial charge in [-0.15, -0.1) is 0 Å². The summed E-state index contributed by atoms with van der Waals surface area (Å²) in [4.78, 5) is 8.01. The van der Waals surface area contributed by atoms with Gasteiger partial charge in [0.2, 0.25) is 5.95 Å². The van der Waals surface area contributed by atoms with Crippen LogP contribution in [0.4, 0.5) is 11.6 Å². The lowest BCUT2D eigenvalue weighted by atomic mass is 10.3. The summed E-state index contributed by atoms with van der Waals surface area (Å²) in [5.41, 5.74) is 1.02. The fraction of sp³-hybridized carbons (Fsp3) is 0.0833. The van der Waals surface area contributed by atoms with Gasteiger partial charge in [0.15, 0.2) is 0 Å². The van der Waals surface area contributed by atoms with E-state index in [1.54, 1.807) is 25.3 Å². The van der Waals surface area contributed by atoms with Gasteiger partial charge in [0.05, 0.1) is 12.1 Å². The second-order valence-corrected chi connectivity index (χ2v) is 3.76. The first-order valence-corrected chi connectivity index (χ1v) is 5.44. The molecule has 2 rings (SSSR count). The highest BCUT2D eigenvalue weighted by Gasteiger charge is 2.03. The Bertz CT molecular complexity index is 609. The Morgan fingerprint density at radius 1 is 1.39 bits per heavy atom. The summed E-state index contributed by atoms with van der Waals surface area (Å²) in [6.45, 7) is 0. The summed E-state index contributed by atoms with van der Waals surface area (Å²) in [5.74, 6) is 0.934. The summed E-state index contributed by atoms with van der Waals surface area (Å²) >= 11 is 6.00. The van der Waals surface area contributed by atoms with Crippen molar-refractivity contribution in [2.75, 3.05) is 12.4 Å².